The van der Waals surface area contributed by atoms with Gasteiger partial charge in [0.15, 0.2) is 0 Å². The standard InChI is InChI=1S/C20H21FN2O2S/c1-14(26-13-15-6-3-2-4-7-15)20(25)22-16-9-10-17(21)18(12-16)23-11-5-8-19(23)24/h2-4,6-7,9-10,12,14H,5,8,11,13H2,1H3,(H,22,25). The number of carbonyl (C=O) groups excluding carboxylic acids is 2. The zero-order valence-electron chi connectivity index (χ0n) is 14.6. The molecule has 0 aromatic heterocycles. The molecule has 0 saturated carbocycles. The third kappa shape index (κ3) is 4.43. The smallest absolute Gasteiger partial charge is 0.237 e. The molecule has 1 saturated heterocycles. The number of halogens is 1. The Morgan fingerprint density at radius 3 is 2.73 bits per heavy atom. The fourth-order valence-electron chi connectivity index (χ4n) is 2.82. The van der Waals surface area contributed by atoms with E-state index >= 15 is 0 Å². The van der Waals surface area contributed by atoms with E-state index in [4.69, 9.17) is 0 Å². The average molecular weight is 372 g/mol. The van der Waals surface area contributed by atoms with Gasteiger partial charge < -0.3 is 10.2 Å². The summed E-state index contributed by atoms with van der Waals surface area (Å²) < 4.78 is 14.1. The van der Waals surface area contributed by atoms with Crippen LogP contribution in [0.5, 0.6) is 0 Å². The summed E-state index contributed by atoms with van der Waals surface area (Å²) in [5.74, 6) is 0.0620. The second-order valence-electron chi connectivity index (χ2n) is 6.24. The van der Waals surface area contributed by atoms with Crippen molar-refractivity contribution in [2.24, 2.45) is 0 Å². The molecule has 1 atom stereocenters. The highest BCUT2D eigenvalue weighted by Crippen LogP contribution is 2.28. The molecule has 2 amide bonds. The van der Waals surface area contributed by atoms with E-state index < -0.39 is 5.82 Å². The fourth-order valence-corrected chi connectivity index (χ4v) is 3.66. The lowest BCUT2D eigenvalue weighted by molar-refractivity contribution is -0.117. The summed E-state index contributed by atoms with van der Waals surface area (Å²) in [4.78, 5) is 25.7. The number of nitrogens with one attached hydrogen (secondary N) is 1. The van der Waals surface area contributed by atoms with E-state index in [-0.39, 0.29) is 22.8 Å². The third-order valence-corrected chi connectivity index (χ3v) is 5.50. The van der Waals surface area contributed by atoms with Gasteiger partial charge in [0.05, 0.1) is 10.9 Å². The van der Waals surface area contributed by atoms with Gasteiger partial charge >= 0.3 is 0 Å². The van der Waals surface area contributed by atoms with Crippen LogP contribution in [0.15, 0.2) is 48.5 Å². The molecule has 1 aliphatic heterocycles. The highest BCUT2D eigenvalue weighted by molar-refractivity contribution is 7.99. The average Bonchev–Trinajstić information content (AvgIpc) is 3.08. The second kappa shape index (κ2) is 8.36. The summed E-state index contributed by atoms with van der Waals surface area (Å²) in [6.07, 6.45) is 1.16. The maximum absolute atomic E-state index is 14.1. The Labute approximate surface area is 156 Å². The number of hydrogen-bond donors (Lipinski definition) is 1. The molecule has 0 spiro atoms. The van der Waals surface area contributed by atoms with Crippen LogP contribution >= 0.6 is 11.8 Å². The molecule has 2 aromatic rings. The minimum absolute atomic E-state index is 0.0841. The van der Waals surface area contributed by atoms with Crippen molar-refractivity contribution in [2.45, 2.75) is 30.8 Å². The number of nitrogens with zero attached hydrogens (tertiary/aromatic N) is 1. The quantitative estimate of drug-likeness (QED) is 0.826. The van der Waals surface area contributed by atoms with E-state index in [9.17, 15) is 14.0 Å². The van der Waals surface area contributed by atoms with Gasteiger partial charge in [-0.1, -0.05) is 30.3 Å². The summed E-state index contributed by atoms with van der Waals surface area (Å²) in [6.45, 7) is 2.36. The van der Waals surface area contributed by atoms with Gasteiger partial charge in [-0.05, 0) is 37.1 Å². The second-order valence-corrected chi connectivity index (χ2v) is 7.57. The normalized spacial score (nSPS) is 15.2. The van der Waals surface area contributed by atoms with Gasteiger partial charge in [0.1, 0.15) is 5.82 Å². The van der Waals surface area contributed by atoms with Crippen LogP contribution in [0.2, 0.25) is 0 Å². The van der Waals surface area contributed by atoms with Crippen molar-refractivity contribution in [3.63, 3.8) is 0 Å². The Morgan fingerprint density at radius 2 is 2.04 bits per heavy atom. The SMILES string of the molecule is CC(SCc1ccccc1)C(=O)Nc1ccc(F)c(N2CCCC2=O)c1. The van der Waals surface area contributed by atoms with Crippen LogP contribution < -0.4 is 10.2 Å². The van der Waals surface area contributed by atoms with Gasteiger partial charge in [-0.25, -0.2) is 4.39 Å². The zero-order chi connectivity index (χ0) is 18.5. The van der Waals surface area contributed by atoms with Crippen LogP contribution in [0.4, 0.5) is 15.8 Å². The summed E-state index contributed by atoms with van der Waals surface area (Å²) in [5.41, 5.74) is 1.89. The number of amides is 2. The van der Waals surface area contributed by atoms with Crippen LogP contribution in [0.25, 0.3) is 0 Å². The molecule has 0 bridgehead atoms. The van der Waals surface area contributed by atoms with Crippen LogP contribution in [-0.4, -0.2) is 23.6 Å². The van der Waals surface area contributed by atoms with Gasteiger partial charge in [0.2, 0.25) is 11.8 Å². The number of benzene rings is 2. The van der Waals surface area contributed by atoms with Crippen LogP contribution in [-0.2, 0) is 15.3 Å². The molecule has 0 radical (unpaired) electrons. The van der Waals surface area contributed by atoms with Gasteiger partial charge in [0, 0.05) is 24.4 Å². The fraction of sp³-hybridized carbons (Fsp3) is 0.300. The first-order chi connectivity index (χ1) is 12.5. The van der Waals surface area contributed by atoms with Gasteiger partial charge in [0.25, 0.3) is 0 Å². The Balaban J connectivity index is 1.62. The minimum Gasteiger partial charge on any atom is -0.325 e. The predicted molar refractivity (Wildman–Crippen MR) is 104 cm³/mol. The number of anilines is 2. The Kier molecular flexibility index (Phi) is 5.93. The first-order valence-electron chi connectivity index (χ1n) is 8.61. The Bertz CT molecular complexity index is 798. The Hall–Kier alpha value is -2.34. The van der Waals surface area contributed by atoms with Gasteiger partial charge in [-0.3, -0.25) is 9.59 Å². The predicted octanol–water partition coefficient (Wildman–Crippen LogP) is 4.21. The van der Waals surface area contributed by atoms with Crippen molar-refractivity contribution in [1.29, 1.82) is 0 Å². The molecule has 1 aliphatic rings. The monoisotopic (exact) mass is 372 g/mol. The summed E-state index contributed by atoms with van der Waals surface area (Å²) in [7, 11) is 0. The highest BCUT2D eigenvalue weighted by Gasteiger charge is 2.25. The molecule has 2 aromatic carbocycles. The largest absolute Gasteiger partial charge is 0.325 e. The van der Waals surface area contributed by atoms with Crippen molar-refractivity contribution in [3.8, 4) is 0 Å². The van der Waals surface area contributed by atoms with E-state index in [0.29, 0.717) is 18.7 Å². The third-order valence-electron chi connectivity index (χ3n) is 4.29. The molecule has 6 heteroatoms. The van der Waals surface area contributed by atoms with E-state index in [1.165, 1.54) is 34.9 Å². The van der Waals surface area contributed by atoms with Crippen molar-refractivity contribution < 1.29 is 14.0 Å². The molecule has 1 unspecified atom stereocenters. The maximum Gasteiger partial charge on any atom is 0.237 e. The number of rotatable bonds is 6. The number of carbonyl (C=O) groups is 2. The molecule has 4 nitrogen and oxygen atoms in total. The molecule has 0 aliphatic carbocycles. The Morgan fingerprint density at radius 1 is 1.27 bits per heavy atom. The van der Waals surface area contributed by atoms with Crippen LogP contribution in [0.1, 0.15) is 25.3 Å². The molecule has 1 heterocycles. The van der Waals surface area contributed by atoms with E-state index in [1.54, 1.807) is 0 Å². The summed E-state index contributed by atoms with van der Waals surface area (Å²) in [6, 6.07) is 14.3. The molecular weight excluding hydrogens is 351 g/mol. The van der Waals surface area contributed by atoms with E-state index in [1.807, 2.05) is 37.3 Å². The summed E-state index contributed by atoms with van der Waals surface area (Å²) >= 11 is 1.54. The van der Waals surface area contributed by atoms with Crippen molar-refractivity contribution in [2.75, 3.05) is 16.8 Å². The molecule has 136 valence electrons. The zero-order valence-corrected chi connectivity index (χ0v) is 15.4. The molecule has 3 rings (SSSR count). The number of hydrogen-bond acceptors (Lipinski definition) is 3. The van der Waals surface area contributed by atoms with E-state index in [2.05, 4.69) is 5.32 Å². The lowest BCUT2D eigenvalue weighted by Crippen LogP contribution is -2.26. The first-order valence-corrected chi connectivity index (χ1v) is 9.66. The molecular formula is C20H21FN2O2S. The van der Waals surface area contributed by atoms with E-state index in [0.717, 1.165) is 17.7 Å². The van der Waals surface area contributed by atoms with Crippen LogP contribution in [0, 0.1) is 5.82 Å². The topological polar surface area (TPSA) is 49.4 Å². The number of thioether (sulfide) groups is 1. The molecule has 1 fully saturated rings. The lowest BCUT2D eigenvalue weighted by Gasteiger charge is -2.18. The van der Waals surface area contributed by atoms with Gasteiger partial charge in [-0.2, -0.15) is 0 Å². The maximum atomic E-state index is 14.1. The van der Waals surface area contributed by atoms with Crippen LogP contribution in [0.3, 0.4) is 0 Å². The van der Waals surface area contributed by atoms with Crippen molar-refractivity contribution in [1.82, 2.24) is 0 Å². The molecule has 26 heavy (non-hydrogen) atoms. The van der Waals surface area contributed by atoms with Crippen molar-refractivity contribution in [3.05, 3.63) is 59.9 Å². The minimum atomic E-state index is -0.454. The summed E-state index contributed by atoms with van der Waals surface area (Å²) in [5, 5.41) is 2.57. The van der Waals surface area contributed by atoms with Gasteiger partial charge in [-0.15, -0.1) is 11.8 Å². The van der Waals surface area contributed by atoms with Crippen molar-refractivity contribution >= 4 is 35.0 Å². The highest BCUT2D eigenvalue weighted by atomic mass is 32.2. The molecule has 1 N–H and O–H groups in total. The lowest BCUT2D eigenvalue weighted by atomic mass is 10.2. The first kappa shape index (κ1) is 18.5.